The molecule has 0 heterocycles. The van der Waals surface area contributed by atoms with Crippen LogP contribution in [0.2, 0.25) is 0 Å². The Morgan fingerprint density at radius 2 is 1.56 bits per heavy atom. The van der Waals surface area contributed by atoms with Crippen molar-refractivity contribution in [3.63, 3.8) is 0 Å². The minimum atomic E-state index is -4.29. The van der Waals surface area contributed by atoms with E-state index >= 15 is 0 Å². The molecule has 3 heteroatoms. The third kappa shape index (κ3) is 3.62. The van der Waals surface area contributed by atoms with Crippen LogP contribution >= 0.6 is 0 Å². The number of benzene rings is 1. The molecule has 100 valence electrons. The van der Waals surface area contributed by atoms with Gasteiger partial charge in [-0.25, -0.2) is 0 Å². The molecule has 0 spiro atoms. The van der Waals surface area contributed by atoms with Gasteiger partial charge in [-0.1, -0.05) is 58.0 Å². The van der Waals surface area contributed by atoms with E-state index in [0.29, 0.717) is 6.42 Å². The van der Waals surface area contributed by atoms with Crippen molar-refractivity contribution in [1.82, 2.24) is 0 Å². The van der Waals surface area contributed by atoms with Gasteiger partial charge < -0.3 is 0 Å². The van der Waals surface area contributed by atoms with E-state index in [9.17, 15) is 13.2 Å². The zero-order chi connectivity index (χ0) is 14.0. The number of halogens is 3. The summed E-state index contributed by atoms with van der Waals surface area (Å²) in [6.07, 6.45) is -2.69. The van der Waals surface area contributed by atoms with Gasteiger partial charge in [-0.3, -0.25) is 0 Å². The normalized spacial score (nSPS) is 13.8. The standard InChI is InChI=1S/C15H19F3/c1-5-6-13(15(16,17)18)11-7-9-12(10-8-11)14(2,3)4/h6-10H,5H2,1-4H3/b13-6+. The molecule has 18 heavy (non-hydrogen) atoms. The number of alkyl halides is 3. The van der Waals surface area contributed by atoms with Gasteiger partial charge >= 0.3 is 6.18 Å². The molecule has 0 aliphatic carbocycles. The second-order valence-electron chi connectivity index (χ2n) is 5.35. The van der Waals surface area contributed by atoms with Crippen molar-refractivity contribution in [2.75, 3.05) is 0 Å². The summed E-state index contributed by atoms with van der Waals surface area (Å²) in [4.78, 5) is 0. The zero-order valence-electron chi connectivity index (χ0n) is 11.2. The third-order valence-electron chi connectivity index (χ3n) is 2.78. The Hall–Kier alpha value is -1.25. The molecule has 0 amide bonds. The van der Waals surface area contributed by atoms with Gasteiger partial charge in [-0.2, -0.15) is 13.2 Å². The molecule has 0 aliphatic rings. The van der Waals surface area contributed by atoms with E-state index in [-0.39, 0.29) is 11.0 Å². The summed E-state index contributed by atoms with van der Waals surface area (Å²) in [5.74, 6) is 0. The minimum Gasteiger partial charge on any atom is -0.166 e. The quantitative estimate of drug-likeness (QED) is 0.670. The number of rotatable bonds is 2. The van der Waals surface area contributed by atoms with Gasteiger partial charge in [0.05, 0.1) is 5.57 Å². The van der Waals surface area contributed by atoms with Crippen LogP contribution in [0.1, 0.15) is 45.2 Å². The first-order chi connectivity index (χ1) is 8.16. The van der Waals surface area contributed by atoms with Gasteiger partial charge in [0.25, 0.3) is 0 Å². The molecule has 0 nitrogen and oxygen atoms in total. The lowest BCUT2D eigenvalue weighted by atomic mass is 9.86. The second-order valence-corrected chi connectivity index (χ2v) is 5.35. The van der Waals surface area contributed by atoms with E-state index in [2.05, 4.69) is 0 Å². The Balaban J connectivity index is 3.14. The smallest absolute Gasteiger partial charge is 0.166 e. The molecule has 1 rings (SSSR count). The van der Waals surface area contributed by atoms with Crippen LogP contribution in [-0.4, -0.2) is 6.18 Å². The Morgan fingerprint density at radius 3 is 1.89 bits per heavy atom. The highest BCUT2D eigenvalue weighted by Crippen LogP contribution is 2.35. The topological polar surface area (TPSA) is 0 Å². The molecule has 0 saturated carbocycles. The minimum absolute atomic E-state index is 0.0502. The molecular formula is C15H19F3. The summed E-state index contributed by atoms with van der Waals surface area (Å²) in [5, 5.41) is 0. The van der Waals surface area contributed by atoms with Crippen LogP contribution < -0.4 is 0 Å². The summed E-state index contributed by atoms with van der Waals surface area (Å²) in [5.41, 5.74) is 0.665. The van der Waals surface area contributed by atoms with E-state index in [1.807, 2.05) is 20.8 Å². The first-order valence-electron chi connectivity index (χ1n) is 6.04. The highest BCUT2D eigenvalue weighted by Gasteiger charge is 2.34. The maximum Gasteiger partial charge on any atom is 0.416 e. The Morgan fingerprint density at radius 1 is 1.06 bits per heavy atom. The lowest BCUT2D eigenvalue weighted by Crippen LogP contribution is -2.13. The van der Waals surface area contributed by atoms with Crippen LogP contribution in [0.4, 0.5) is 13.2 Å². The molecule has 1 aromatic carbocycles. The summed E-state index contributed by atoms with van der Waals surface area (Å²) in [6, 6.07) is 6.64. The lowest BCUT2D eigenvalue weighted by Gasteiger charge is -2.20. The molecule has 1 aromatic rings. The Bertz CT molecular complexity index is 417. The number of hydrogen-bond acceptors (Lipinski definition) is 0. The van der Waals surface area contributed by atoms with Crippen molar-refractivity contribution in [3.05, 3.63) is 41.5 Å². The predicted octanol–water partition coefficient (Wildman–Crippen LogP) is 5.34. The largest absolute Gasteiger partial charge is 0.416 e. The van der Waals surface area contributed by atoms with Crippen LogP contribution in [0.5, 0.6) is 0 Å². The van der Waals surface area contributed by atoms with Crippen molar-refractivity contribution in [2.24, 2.45) is 0 Å². The molecule has 0 unspecified atom stereocenters. The number of hydrogen-bond donors (Lipinski definition) is 0. The first kappa shape index (κ1) is 14.8. The van der Waals surface area contributed by atoms with E-state index in [1.54, 1.807) is 31.2 Å². The second kappa shape index (κ2) is 5.17. The number of allylic oxidation sites excluding steroid dienone is 2. The van der Waals surface area contributed by atoms with Crippen LogP contribution in [-0.2, 0) is 5.41 Å². The summed E-state index contributed by atoms with van der Waals surface area (Å²) < 4.78 is 38.6. The molecule has 0 aromatic heterocycles. The molecule has 0 fully saturated rings. The van der Waals surface area contributed by atoms with Gasteiger partial charge in [0.1, 0.15) is 0 Å². The van der Waals surface area contributed by atoms with Crippen molar-refractivity contribution in [2.45, 2.75) is 45.7 Å². The maximum atomic E-state index is 12.9. The van der Waals surface area contributed by atoms with Gasteiger partial charge in [0.15, 0.2) is 0 Å². The molecule has 0 N–H and O–H groups in total. The van der Waals surface area contributed by atoms with Crippen molar-refractivity contribution >= 4 is 5.57 Å². The molecule has 0 radical (unpaired) electrons. The van der Waals surface area contributed by atoms with Crippen LogP contribution in [0.25, 0.3) is 5.57 Å². The molecule has 0 saturated heterocycles. The van der Waals surface area contributed by atoms with Gasteiger partial charge in [0.2, 0.25) is 0 Å². The summed E-state index contributed by atoms with van der Waals surface area (Å²) >= 11 is 0. The summed E-state index contributed by atoms with van der Waals surface area (Å²) in [7, 11) is 0. The average Bonchev–Trinajstić information content (AvgIpc) is 2.23. The first-order valence-corrected chi connectivity index (χ1v) is 6.04. The third-order valence-corrected chi connectivity index (χ3v) is 2.78. The maximum absolute atomic E-state index is 12.9. The highest BCUT2D eigenvalue weighted by atomic mass is 19.4. The fraction of sp³-hybridized carbons (Fsp3) is 0.467. The van der Waals surface area contributed by atoms with E-state index in [0.717, 1.165) is 5.56 Å². The molecule has 0 aliphatic heterocycles. The molecular weight excluding hydrogens is 237 g/mol. The molecule has 0 bridgehead atoms. The van der Waals surface area contributed by atoms with E-state index in [4.69, 9.17) is 0 Å². The fourth-order valence-corrected chi connectivity index (χ4v) is 1.75. The molecule has 0 atom stereocenters. The Kier molecular flexibility index (Phi) is 4.25. The van der Waals surface area contributed by atoms with Gasteiger partial charge in [0, 0.05) is 0 Å². The van der Waals surface area contributed by atoms with Crippen LogP contribution in [0, 0.1) is 0 Å². The Labute approximate surface area is 107 Å². The fourth-order valence-electron chi connectivity index (χ4n) is 1.75. The van der Waals surface area contributed by atoms with Gasteiger partial charge in [-0.15, -0.1) is 0 Å². The van der Waals surface area contributed by atoms with Crippen LogP contribution in [0.3, 0.4) is 0 Å². The zero-order valence-corrected chi connectivity index (χ0v) is 11.2. The lowest BCUT2D eigenvalue weighted by molar-refractivity contribution is -0.0690. The average molecular weight is 256 g/mol. The summed E-state index contributed by atoms with van der Waals surface area (Å²) in [6.45, 7) is 7.81. The van der Waals surface area contributed by atoms with Crippen molar-refractivity contribution < 1.29 is 13.2 Å². The monoisotopic (exact) mass is 256 g/mol. The SMILES string of the molecule is CC/C=C(\c1ccc(C(C)(C)C)cc1)C(F)(F)F. The van der Waals surface area contributed by atoms with Gasteiger partial charge in [-0.05, 0) is 23.0 Å². The van der Waals surface area contributed by atoms with E-state index < -0.39 is 11.7 Å². The van der Waals surface area contributed by atoms with Crippen molar-refractivity contribution in [3.8, 4) is 0 Å². The highest BCUT2D eigenvalue weighted by molar-refractivity contribution is 5.69. The predicted molar refractivity (Wildman–Crippen MR) is 69.5 cm³/mol. The van der Waals surface area contributed by atoms with E-state index in [1.165, 1.54) is 6.08 Å². The van der Waals surface area contributed by atoms with Crippen LogP contribution in [0.15, 0.2) is 30.3 Å². The van der Waals surface area contributed by atoms with Crippen molar-refractivity contribution in [1.29, 1.82) is 0 Å².